The van der Waals surface area contributed by atoms with Gasteiger partial charge in [-0.1, -0.05) is 0 Å². The van der Waals surface area contributed by atoms with Crippen LogP contribution in [0.3, 0.4) is 0 Å². The number of hydrogen-bond donors (Lipinski definition) is 0. The molecule has 2 unspecified atom stereocenters. The summed E-state index contributed by atoms with van der Waals surface area (Å²) < 4.78 is 16.0. The average Bonchev–Trinajstić information content (AvgIpc) is 3.45. The average molecular weight is 512 g/mol. The van der Waals surface area contributed by atoms with Crippen molar-refractivity contribution in [1.29, 1.82) is 0 Å². The number of rotatable bonds is 7. The summed E-state index contributed by atoms with van der Waals surface area (Å²) in [4.78, 5) is 54.9. The van der Waals surface area contributed by atoms with Crippen molar-refractivity contribution in [2.75, 3.05) is 39.4 Å². The molecule has 3 heterocycles. The molecular formula is C27H33N3O7. The van der Waals surface area contributed by atoms with Crippen LogP contribution in [0.25, 0.3) is 0 Å². The Morgan fingerprint density at radius 2 is 1.51 bits per heavy atom. The van der Waals surface area contributed by atoms with Crippen molar-refractivity contribution in [3.63, 3.8) is 0 Å². The van der Waals surface area contributed by atoms with Crippen LogP contribution >= 0.6 is 0 Å². The van der Waals surface area contributed by atoms with Crippen LogP contribution in [0.4, 0.5) is 0 Å². The zero-order chi connectivity index (χ0) is 26.4. The lowest BCUT2D eigenvalue weighted by molar-refractivity contribution is -0.139. The number of piperidine rings is 1. The van der Waals surface area contributed by atoms with Gasteiger partial charge < -0.3 is 28.6 Å². The predicted octanol–water partition coefficient (Wildman–Crippen LogP) is 2.59. The standard InChI is InChI=1S/C27H33N3O7/c1-19-5-3-6-20(2)30(19)25(32)18-36-22-10-8-21(9-11-22)27(34)37-17-24(31)28-12-14-29(15-13-28)26(33)23-7-4-16-35-23/h4,7-11,16,19-20H,3,5-6,12-15,17-18H2,1-2H3. The van der Waals surface area contributed by atoms with Gasteiger partial charge in [0.15, 0.2) is 19.0 Å². The Balaban J connectivity index is 1.19. The van der Waals surface area contributed by atoms with Gasteiger partial charge in [0.2, 0.25) is 0 Å². The lowest BCUT2D eigenvalue weighted by atomic mass is 9.97. The maximum absolute atomic E-state index is 12.6. The minimum absolute atomic E-state index is 0.0483. The van der Waals surface area contributed by atoms with E-state index in [0.717, 1.165) is 19.3 Å². The molecule has 2 saturated heterocycles. The molecule has 0 saturated carbocycles. The number of carbonyl (C=O) groups is 4. The van der Waals surface area contributed by atoms with E-state index < -0.39 is 5.97 Å². The monoisotopic (exact) mass is 511 g/mol. The van der Waals surface area contributed by atoms with E-state index in [2.05, 4.69) is 13.8 Å². The van der Waals surface area contributed by atoms with Gasteiger partial charge in [0.25, 0.3) is 17.7 Å². The van der Waals surface area contributed by atoms with Gasteiger partial charge in [0, 0.05) is 38.3 Å². The van der Waals surface area contributed by atoms with Crippen LogP contribution in [0.5, 0.6) is 5.75 Å². The lowest BCUT2D eigenvalue weighted by Crippen LogP contribution is -2.51. The number of ether oxygens (including phenoxy) is 2. The van der Waals surface area contributed by atoms with E-state index in [1.807, 2.05) is 4.90 Å². The molecular weight excluding hydrogens is 478 g/mol. The molecule has 2 aliphatic heterocycles. The van der Waals surface area contributed by atoms with E-state index in [1.54, 1.807) is 34.1 Å². The minimum Gasteiger partial charge on any atom is -0.484 e. The first-order chi connectivity index (χ1) is 17.8. The molecule has 1 aromatic heterocycles. The quantitative estimate of drug-likeness (QED) is 0.526. The molecule has 37 heavy (non-hydrogen) atoms. The molecule has 4 rings (SSSR count). The molecule has 0 radical (unpaired) electrons. The fourth-order valence-electron chi connectivity index (χ4n) is 4.84. The number of esters is 1. The first-order valence-electron chi connectivity index (χ1n) is 12.6. The van der Waals surface area contributed by atoms with Crippen molar-refractivity contribution in [2.24, 2.45) is 0 Å². The van der Waals surface area contributed by atoms with Crippen LogP contribution in [-0.2, 0) is 14.3 Å². The summed E-state index contributed by atoms with van der Waals surface area (Å²) in [6, 6.07) is 9.94. The topological polar surface area (TPSA) is 110 Å². The molecule has 2 atom stereocenters. The van der Waals surface area contributed by atoms with Crippen LogP contribution in [0, 0.1) is 0 Å². The first-order valence-corrected chi connectivity index (χ1v) is 12.6. The highest BCUT2D eigenvalue weighted by Gasteiger charge is 2.29. The molecule has 2 aromatic rings. The maximum atomic E-state index is 12.6. The minimum atomic E-state index is -0.626. The summed E-state index contributed by atoms with van der Waals surface area (Å²) in [7, 11) is 0. The Morgan fingerprint density at radius 1 is 0.865 bits per heavy atom. The largest absolute Gasteiger partial charge is 0.484 e. The highest BCUT2D eigenvalue weighted by Crippen LogP contribution is 2.23. The fourth-order valence-corrected chi connectivity index (χ4v) is 4.84. The normalized spacial score (nSPS) is 19.9. The van der Waals surface area contributed by atoms with E-state index in [-0.39, 0.29) is 54.3 Å². The van der Waals surface area contributed by atoms with E-state index in [0.29, 0.717) is 31.9 Å². The summed E-state index contributed by atoms with van der Waals surface area (Å²) in [6.07, 6.45) is 4.56. The predicted molar refractivity (Wildman–Crippen MR) is 133 cm³/mol. The summed E-state index contributed by atoms with van der Waals surface area (Å²) in [5.74, 6) is -0.469. The van der Waals surface area contributed by atoms with Crippen molar-refractivity contribution in [3.8, 4) is 5.75 Å². The van der Waals surface area contributed by atoms with Crippen LogP contribution < -0.4 is 4.74 Å². The van der Waals surface area contributed by atoms with Gasteiger partial charge in [-0.3, -0.25) is 14.4 Å². The Morgan fingerprint density at radius 3 is 2.14 bits per heavy atom. The first kappa shape index (κ1) is 26.2. The zero-order valence-corrected chi connectivity index (χ0v) is 21.3. The molecule has 0 N–H and O–H groups in total. The highest BCUT2D eigenvalue weighted by molar-refractivity contribution is 5.92. The molecule has 1 aromatic carbocycles. The molecule has 10 nitrogen and oxygen atoms in total. The number of amides is 3. The van der Waals surface area contributed by atoms with Crippen molar-refractivity contribution < 1.29 is 33.1 Å². The van der Waals surface area contributed by atoms with Crippen LogP contribution in [0.2, 0.25) is 0 Å². The third kappa shape index (κ3) is 6.49. The van der Waals surface area contributed by atoms with Gasteiger partial charge in [0.05, 0.1) is 11.8 Å². The zero-order valence-electron chi connectivity index (χ0n) is 21.3. The second-order valence-corrected chi connectivity index (χ2v) is 9.47. The van der Waals surface area contributed by atoms with Crippen molar-refractivity contribution in [2.45, 2.75) is 45.2 Å². The molecule has 0 aliphatic carbocycles. The summed E-state index contributed by atoms with van der Waals surface area (Å²) in [5.41, 5.74) is 0.276. The lowest BCUT2D eigenvalue weighted by Gasteiger charge is -2.38. The Hall–Kier alpha value is -3.82. The van der Waals surface area contributed by atoms with Crippen LogP contribution in [0.1, 0.15) is 54.0 Å². The summed E-state index contributed by atoms with van der Waals surface area (Å²) in [5, 5.41) is 0. The number of benzene rings is 1. The molecule has 2 fully saturated rings. The highest BCUT2D eigenvalue weighted by atomic mass is 16.5. The summed E-state index contributed by atoms with van der Waals surface area (Å²) in [6.45, 7) is 5.12. The van der Waals surface area contributed by atoms with Crippen LogP contribution in [-0.4, -0.2) is 89.9 Å². The van der Waals surface area contributed by atoms with Crippen LogP contribution in [0.15, 0.2) is 47.1 Å². The number of furan rings is 1. The van der Waals surface area contributed by atoms with Gasteiger partial charge in [-0.05, 0) is 69.5 Å². The van der Waals surface area contributed by atoms with E-state index in [1.165, 1.54) is 18.4 Å². The Kier molecular flexibility index (Phi) is 8.47. The van der Waals surface area contributed by atoms with Gasteiger partial charge >= 0.3 is 5.97 Å². The number of piperazine rings is 1. The maximum Gasteiger partial charge on any atom is 0.338 e. The molecule has 198 valence electrons. The van der Waals surface area contributed by atoms with Gasteiger partial charge in [0.1, 0.15) is 5.75 Å². The fraction of sp³-hybridized carbons (Fsp3) is 0.481. The molecule has 2 aliphatic rings. The number of nitrogens with zero attached hydrogens (tertiary/aromatic N) is 3. The van der Waals surface area contributed by atoms with Crippen molar-refractivity contribution in [3.05, 3.63) is 54.0 Å². The third-order valence-corrected chi connectivity index (χ3v) is 6.91. The Labute approximate surface area is 216 Å². The number of likely N-dealkylation sites (tertiary alicyclic amines) is 1. The molecule has 10 heteroatoms. The molecule has 0 spiro atoms. The molecule has 3 amide bonds. The van der Waals surface area contributed by atoms with Gasteiger partial charge in [-0.2, -0.15) is 0 Å². The second kappa shape index (κ2) is 11.9. The molecule has 0 bridgehead atoms. The third-order valence-electron chi connectivity index (χ3n) is 6.91. The van der Waals surface area contributed by atoms with E-state index in [4.69, 9.17) is 13.9 Å². The van der Waals surface area contributed by atoms with E-state index in [9.17, 15) is 19.2 Å². The smallest absolute Gasteiger partial charge is 0.338 e. The van der Waals surface area contributed by atoms with Crippen molar-refractivity contribution >= 4 is 23.7 Å². The van der Waals surface area contributed by atoms with E-state index >= 15 is 0 Å². The number of hydrogen-bond acceptors (Lipinski definition) is 7. The van der Waals surface area contributed by atoms with Gasteiger partial charge in [-0.25, -0.2) is 4.79 Å². The van der Waals surface area contributed by atoms with Gasteiger partial charge in [-0.15, -0.1) is 0 Å². The second-order valence-electron chi connectivity index (χ2n) is 9.47. The SMILES string of the molecule is CC1CCCC(C)N1C(=O)COc1ccc(C(=O)OCC(=O)N2CCN(C(=O)c3ccco3)CC2)cc1. The number of carbonyl (C=O) groups excluding carboxylic acids is 4. The van der Waals surface area contributed by atoms with Crippen molar-refractivity contribution in [1.82, 2.24) is 14.7 Å². The Bertz CT molecular complexity index is 1080. The summed E-state index contributed by atoms with van der Waals surface area (Å²) >= 11 is 0.